The molecule has 0 radical (unpaired) electrons. The number of esters is 1. The van der Waals surface area contributed by atoms with Gasteiger partial charge in [-0.15, -0.1) is 0 Å². The number of rotatable bonds is 5. The van der Waals surface area contributed by atoms with Crippen molar-refractivity contribution in [3.63, 3.8) is 0 Å². The lowest BCUT2D eigenvalue weighted by Gasteiger charge is -2.72. The number of nitrogens with zero attached hydrogens (tertiary/aromatic N) is 1. The number of ether oxygens (including phenoxy) is 1. The molecule has 5 aliphatic carbocycles. The number of carbonyl (C=O) groups is 3. The molecule has 8 atom stereocenters. The Kier molecular flexibility index (Phi) is 7.55. The second kappa shape index (κ2) is 10.8. The summed E-state index contributed by atoms with van der Waals surface area (Å²) in [6.07, 6.45) is 12.5. The van der Waals surface area contributed by atoms with Gasteiger partial charge in [0, 0.05) is 43.0 Å². The van der Waals surface area contributed by atoms with Crippen molar-refractivity contribution in [1.82, 2.24) is 4.98 Å². The van der Waals surface area contributed by atoms with Gasteiger partial charge in [-0.25, -0.2) is 0 Å². The average molecular weight is 638 g/mol. The summed E-state index contributed by atoms with van der Waals surface area (Å²) in [4.78, 5) is 45.5. The van der Waals surface area contributed by atoms with E-state index in [0.717, 1.165) is 73.3 Å². The van der Waals surface area contributed by atoms with E-state index in [9.17, 15) is 14.4 Å². The van der Waals surface area contributed by atoms with Crippen LogP contribution in [0.5, 0.6) is 0 Å². The lowest BCUT2D eigenvalue weighted by atomic mass is 9.33. The lowest BCUT2D eigenvalue weighted by Crippen LogP contribution is -2.66. The van der Waals surface area contributed by atoms with Crippen LogP contribution in [0.4, 0.5) is 0 Å². The molecule has 0 unspecified atom stereocenters. The van der Waals surface area contributed by atoms with Crippen molar-refractivity contribution in [2.45, 2.75) is 126 Å². The van der Waals surface area contributed by atoms with Gasteiger partial charge in [0.15, 0.2) is 5.78 Å². The number of hydrogen-bond acceptors (Lipinski definition) is 5. The predicted molar refractivity (Wildman–Crippen MR) is 185 cm³/mol. The molecule has 2 aromatic rings. The first-order valence-electron chi connectivity index (χ1n) is 18.4. The number of carbonyl (C=O) groups excluding carboxylic acids is 3. The van der Waals surface area contributed by atoms with E-state index in [0.29, 0.717) is 24.7 Å². The molecule has 4 saturated carbocycles. The maximum absolute atomic E-state index is 14.8. The van der Waals surface area contributed by atoms with E-state index < -0.39 is 5.41 Å². The molecule has 47 heavy (non-hydrogen) atoms. The van der Waals surface area contributed by atoms with Crippen LogP contribution in [0.15, 0.2) is 47.8 Å². The summed E-state index contributed by atoms with van der Waals surface area (Å²) >= 11 is 0. The summed E-state index contributed by atoms with van der Waals surface area (Å²) in [5, 5.41) is 2.13. The maximum Gasteiger partial charge on any atom is 0.302 e. The SMILES string of the molecule is CC(=O)O[C@H]1CC[C@]2(C)[C@H]3CC[C@@H]4C5=C(C(C)C)C(=O)C[C@]5(C(=O)Cc5cncc6ccccc56)CC[C@@]4(C)[C@]3(C)CC[C@H]2C1(C)C. The number of ketones is 2. The summed E-state index contributed by atoms with van der Waals surface area (Å²) in [5.74, 6) is 1.63. The highest BCUT2D eigenvalue weighted by atomic mass is 16.5. The van der Waals surface area contributed by atoms with Gasteiger partial charge < -0.3 is 4.74 Å². The minimum absolute atomic E-state index is 0.00560. The Morgan fingerprint density at radius 3 is 2.36 bits per heavy atom. The summed E-state index contributed by atoms with van der Waals surface area (Å²) in [5.41, 5.74) is 2.65. The molecule has 5 nitrogen and oxygen atoms in total. The van der Waals surface area contributed by atoms with E-state index in [1.807, 2.05) is 24.5 Å². The molecule has 0 amide bonds. The normalized spacial score (nSPS) is 39.2. The van der Waals surface area contributed by atoms with E-state index in [1.54, 1.807) is 6.92 Å². The van der Waals surface area contributed by atoms with Crippen LogP contribution in [0.25, 0.3) is 10.8 Å². The molecule has 1 aromatic carbocycles. The first-order chi connectivity index (χ1) is 22.1. The topological polar surface area (TPSA) is 73.3 Å². The van der Waals surface area contributed by atoms with Crippen molar-refractivity contribution in [2.75, 3.05) is 0 Å². The van der Waals surface area contributed by atoms with Crippen LogP contribution in [0, 0.1) is 50.7 Å². The van der Waals surface area contributed by atoms with E-state index in [-0.39, 0.29) is 57.1 Å². The second-order valence-electron chi connectivity index (χ2n) is 17.9. The van der Waals surface area contributed by atoms with Crippen LogP contribution in [0.1, 0.15) is 119 Å². The van der Waals surface area contributed by atoms with Gasteiger partial charge in [-0.3, -0.25) is 19.4 Å². The van der Waals surface area contributed by atoms with Crippen LogP contribution >= 0.6 is 0 Å². The molecule has 5 heteroatoms. The van der Waals surface area contributed by atoms with E-state index in [1.165, 1.54) is 5.57 Å². The van der Waals surface area contributed by atoms with Crippen molar-refractivity contribution in [2.24, 2.45) is 50.7 Å². The summed E-state index contributed by atoms with van der Waals surface area (Å²) in [6.45, 7) is 18.2. The van der Waals surface area contributed by atoms with Gasteiger partial charge in [0.1, 0.15) is 11.9 Å². The first-order valence-corrected chi connectivity index (χ1v) is 18.4. The fraction of sp³-hybridized carbons (Fsp3) is 0.667. The van der Waals surface area contributed by atoms with Gasteiger partial charge in [-0.2, -0.15) is 0 Å². The molecule has 5 aliphatic rings. The average Bonchev–Trinajstić information content (AvgIpc) is 3.32. The second-order valence-corrected chi connectivity index (χ2v) is 17.9. The van der Waals surface area contributed by atoms with Crippen LogP contribution < -0.4 is 0 Å². The zero-order valence-corrected chi connectivity index (χ0v) is 30.0. The highest BCUT2D eigenvalue weighted by Crippen LogP contribution is 2.76. The highest BCUT2D eigenvalue weighted by Gasteiger charge is 2.70. The van der Waals surface area contributed by atoms with Crippen molar-refractivity contribution < 1.29 is 19.1 Å². The lowest BCUT2D eigenvalue weighted by molar-refractivity contribution is -0.232. The smallest absolute Gasteiger partial charge is 0.302 e. The molecule has 1 heterocycles. The van der Waals surface area contributed by atoms with Crippen LogP contribution in [-0.2, 0) is 25.5 Å². The van der Waals surface area contributed by atoms with Gasteiger partial charge >= 0.3 is 5.97 Å². The van der Waals surface area contributed by atoms with E-state index in [2.05, 4.69) is 65.6 Å². The molecule has 0 aliphatic heterocycles. The fourth-order valence-corrected chi connectivity index (χ4v) is 13.0. The van der Waals surface area contributed by atoms with Crippen molar-refractivity contribution in [1.29, 1.82) is 0 Å². The molecule has 0 saturated heterocycles. The Balaban J connectivity index is 1.27. The number of fused-ring (bicyclic) bond motifs is 8. The Hall–Kier alpha value is -2.82. The van der Waals surface area contributed by atoms with Crippen molar-refractivity contribution in [3.8, 4) is 0 Å². The monoisotopic (exact) mass is 637 g/mol. The fourth-order valence-electron chi connectivity index (χ4n) is 13.0. The zero-order chi connectivity index (χ0) is 33.7. The van der Waals surface area contributed by atoms with E-state index >= 15 is 0 Å². The number of allylic oxidation sites excluding steroid dienone is 2. The van der Waals surface area contributed by atoms with Gasteiger partial charge in [-0.1, -0.05) is 72.7 Å². The number of Topliss-reactive ketones (excluding diaryl/α,β-unsaturated/α-hetero) is 2. The summed E-state index contributed by atoms with van der Waals surface area (Å²) in [6, 6.07) is 8.19. The zero-order valence-electron chi connectivity index (χ0n) is 30.0. The third-order valence-electron chi connectivity index (χ3n) is 15.3. The molecular formula is C42H55NO4. The third-order valence-corrected chi connectivity index (χ3v) is 15.3. The first kappa shape index (κ1) is 32.7. The van der Waals surface area contributed by atoms with Crippen LogP contribution in [0.2, 0.25) is 0 Å². The van der Waals surface area contributed by atoms with Crippen LogP contribution in [0.3, 0.4) is 0 Å². The van der Waals surface area contributed by atoms with Gasteiger partial charge in [0.2, 0.25) is 0 Å². The van der Waals surface area contributed by atoms with E-state index in [4.69, 9.17) is 4.74 Å². The van der Waals surface area contributed by atoms with Crippen molar-refractivity contribution in [3.05, 3.63) is 53.4 Å². The summed E-state index contributed by atoms with van der Waals surface area (Å²) in [7, 11) is 0. The highest BCUT2D eigenvalue weighted by molar-refractivity contribution is 6.08. The third kappa shape index (κ3) is 4.46. The maximum atomic E-state index is 14.8. The number of benzene rings is 1. The number of aromatic nitrogens is 1. The molecule has 0 N–H and O–H groups in total. The summed E-state index contributed by atoms with van der Waals surface area (Å²) < 4.78 is 5.95. The predicted octanol–water partition coefficient (Wildman–Crippen LogP) is 9.26. The molecule has 7 rings (SSSR count). The minimum Gasteiger partial charge on any atom is -0.462 e. The molecule has 0 bridgehead atoms. The Morgan fingerprint density at radius 1 is 0.894 bits per heavy atom. The van der Waals surface area contributed by atoms with Crippen LogP contribution in [-0.4, -0.2) is 28.6 Å². The van der Waals surface area contributed by atoms with Gasteiger partial charge in [0.25, 0.3) is 0 Å². The Morgan fingerprint density at radius 2 is 1.64 bits per heavy atom. The van der Waals surface area contributed by atoms with Gasteiger partial charge in [-0.05, 0) is 113 Å². The molecule has 4 fully saturated rings. The molecule has 0 spiro atoms. The quantitative estimate of drug-likeness (QED) is 0.306. The van der Waals surface area contributed by atoms with Gasteiger partial charge in [0.05, 0.1) is 5.41 Å². The molecule has 252 valence electrons. The Labute approximate surface area is 281 Å². The number of hydrogen-bond donors (Lipinski definition) is 0. The molecular weight excluding hydrogens is 582 g/mol. The standard InChI is InChI=1S/C42H55NO4/c1-25(2)36-31(45)22-42(34(46)21-28-24-43-23-27-11-9-10-12-29(27)28)20-19-40(7)30(37(36)42)13-14-33-39(6)17-16-35(47-26(3)44)38(4,5)32(39)15-18-41(33,40)8/h9-12,23-25,30,32-33,35H,13-22H2,1-8H3/t30-,32+,33-,35+,39+,40-,41-,42+/m1/s1. The van der Waals surface area contributed by atoms with Crippen molar-refractivity contribution >= 4 is 28.3 Å². The minimum atomic E-state index is -0.702. The molecule has 1 aromatic heterocycles. The Bertz CT molecular complexity index is 1680. The number of pyridine rings is 1. The largest absolute Gasteiger partial charge is 0.462 e.